The van der Waals surface area contributed by atoms with E-state index >= 15 is 0 Å². The monoisotopic (exact) mass is 255 g/mol. The van der Waals surface area contributed by atoms with E-state index in [-0.39, 0.29) is 5.91 Å². The van der Waals surface area contributed by atoms with Gasteiger partial charge in [0, 0.05) is 5.69 Å². The second kappa shape index (κ2) is 6.11. The number of amides is 1. The van der Waals surface area contributed by atoms with Gasteiger partial charge >= 0.3 is 0 Å². The molecule has 0 aliphatic carbocycles. The molecule has 0 fully saturated rings. The quantitative estimate of drug-likeness (QED) is 0.876. The number of rotatable bonds is 4. The second-order valence-electron chi connectivity index (χ2n) is 4.45. The zero-order valence-electron chi connectivity index (χ0n) is 10.8. The number of hydrogen-bond donors (Lipinski definition) is 2. The lowest BCUT2D eigenvalue weighted by atomic mass is 10.1. The summed E-state index contributed by atoms with van der Waals surface area (Å²) in [7, 11) is 0. The maximum absolute atomic E-state index is 12.0. The number of carbonyl (C=O) groups excluding carboxylic acids is 1. The van der Waals surface area contributed by atoms with Crippen LogP contribution in [0.25, 0.3) is 0 Å². The third kappa shape index (κ3) is 3.89. The molecule has 0 radical (unpaired) electrons. The molecule has 0 aliphatic rings. The number of nitrogens with two attached hydrogens (primary N) is 1. The van der Waals surface area contributed by atoms with Crippen molar-refractivity contribution in [2.75, 3.05) is 5.32 Å². The molecule has 4 heteroatoms. The van der Waals surface area contributed by atoms with E-state index in [0.717, 1.165) is 11.3 Å². The molecule has 4 nitrogen and oxygen atoms in total. The van der Waals surface area contributed by atoms with Gasteiger partial charge in [0.25, 0.3) is 0 Å². The highest BCUT2D eigenvalue weighted by molar-refractivity contribution is 5.94. The summed E-state index contributed by atoms with van der Waals surface area (Å²) in [6.45, 7) is 1.87. The molecule has 0 saturated heterocycles. The largest absolute Gasteiger partial charge is 0.320 e. The number of nitrogens with zero attached hydrogens (tertiary/aromatic N) is 1. The second-order valence-corrected chi connectivity index (χ2v) is 4.45. The molecular formula is C15H17N3O. The lowest BCUT2D eigenvalue weighted by molar-refractivity contribution is -0.117. The van der Waals surface area contributed by atoms with E-state index in [9.17, 15) is 4.79 Å². The minimum absolute atomic E-state index is 0.220. The van der Waals surface area contributed by atoms with Crippen LogP contribution in [-0.4, -0.2) is 16.9 Å². The summed E-state index contributed by atoms with van der Waals surface area (Å²) in [4.78, 5) is 16.2. The Morgan fingerprint density at radius 3 is 2.63 bits per heavy atom. The summed E-state index contributed by atoms with van der Waals surface area (Å²) < 4.78 is 0. The van der Waals surface area contributed by atoms with Gasteiger partial charge < -0.3 is 11.1 Å². The molecule has 0 aliphatic heterocycles. The van der Waals surface area contributed by atoms with Crippen molar-refractivity contribution < 1.29 is 4.79 Å². The number of anilines is 1. The van der Waals surface area contributed by atoms with E-state index in [2.05, 4.69) is 10.3 Å². The zero-order chi connectivity index (χ0) is 13.7. The highest BCUT2D eigenvalue weighted by atomic mass is 16.2. The van der Waals surface area contributed by atoms with E-state index in [0.29, 0.717) is 12.2 Å². The minimum atomic E-state index is -0.579. The van der Waals surface area contributed by atoms with Crippen molar-refractivity contribution >= 4 is 11.7 Å². The maximum atomic E-state index is 12.0. The summed E-state index contributed by atoms with van der Waals surface area (Å²) in [6, 6.07) is 14.6. The van der Waals surface area contributed by atoms with E-state index in [1.54, 1.807) is 6.07 Å². The molecule has 0 bridgehead atoms. The van der Waals surface area contributed by atoms with Gasteiger partial charge in [0.1, 0.15) is 5.82 Å². The van der Waals surface area contributed by atoms with Gasteiger partial charge in [-0.25, -0.2) is 4.98 Å². The van der Waals surface area contributed by atoms with E-state index in [1.165, 1.54) is 0 Å². The topological polar surface area (TPSA) is 68.0 Å². The van der Waals surface area contributed by atoms with Crippen LogP contribution in [0.1, 0.15) is 11.3 Å². The molecule has 19 heavy (non-hydrogen) atoms. The van der Waals surface area contributed by atoms with Gasteiger partial charge in [0.05, 0.1) is 6.04 Å². The van der Waals surface area contributed by atoms with Gasteiger partial charge in [0.2, 0.25) is 5.91 Å². The average molecular weight is 255 g/mol. The molecule has 0 saturated carbocycles. The first-order valence-corrected chi connectivity index (χ1v) is 6.19. The molecule has 3 N–H and O–H groups in total. The summed E-state index contributed by atoms with van der Waals surface area (Å²) in [5.41, 5.74) is 7.80. The highest BCUT2D eigenvalue weighted by Crippen LogP contribution is 2.06. The van der Waals surface area contributed by atoms with Crippen LogP contribution < -0.4 is 11.1 Å². The fourth-order valence-electron chi connectivity index (χ4n) is 1.79. The number of hydrogen-bond acceptors (Lipinski definition) is 3. The number of pyridine rings is 1. The average Bonchev–Trinajstić information content (AvgIpc) is 2.40. The lowest BCUT2D eigenvalue weighted by Gasteiger charge is -2.12. The van der Waals surface area contributed by atoms with Crippen molar-refractivity contribution in [3.05, 3.63) is 59.8 Å². The van der Waals surface area contributed by atoms with E-state index in [1.807, 2.05) is 49.4 Å². The van der Waals surface area contributed by atoms with E-state index in [4.69, 9.17) is 5.73 Å². The number of aromatic nitrogens is 1. The molecule has 1 aromatic carbocycles. The minimum Gasteiger partial charge on any atom is -0.320 e. The summed E-state index contributed by atoms with van der Waals surface area (Å²) in [5.74, 6) is 0.315. The van der Waals surface area contributed by atoms with Crippen LogP contribution in [0.2, 0.25) is 0 Å². The number of benzene rings is 1. The van der Waals surface area contributed by atoms with Crippen LogP contribution in [0.3, 0.4) is 0 Å². The molecule has 98 valence electrons. The van der Waals surface area contributed by atoms with Crippen LogP contribution in [0.5, 0.6) is 0 Å². The van der Waals surface area contributed by atoms with E-state index < -0.39 is 6.04 Å². The molecular weight excluding hydrogens is 238 g/mol. The van der Waals surface area contributed by atoms with Crippen LogP contribution in [-0.2, 0) is 11.2 Å². The Morgan fingerprint density at radius 1 is 1.21 bits per heavy atom. The summed E-state index contributed by atoms with van der Waals surface area (Å²) in [6.07, 6.45) is 0.512. The smallest absolute Gasteiger partial charge is 0.242 e. The standard InChI is InChI=1S/C15H17N3O/c1-11-6-5-9-14(17-11)18-15(19)13(16)10-12-7-3-2-4-8-12/h2-9,13H,10,16H2,1H3,(H,17,18,19)/t13-/m0/s1. The Bertz CT molecular complexity index is 554. The van der Waals surface area contributed by atoms with Crippen molar-refractivity contribution in [1.29, 1.82) is 0 Å². The van der Waals surface area contributed by atoms with Gasteiger partial charge in [-0.2, -0.15) is 0 Å². The predicted molar refractivity (Wildman–Crippen MR) is 75.7 cm³/mol. The Kier molecular flexibility index (Phi) is 4.26. The maximum Gasteiger partial charge on any atom is 0.242 e. The fourth-order valence-corrected chi connectivity index (χ4v) is 1.79. The first-order valence-electron chi connectivity index (χ1n) is 6.19. The number of nitrogens with one attached hydrogen (secondary N) is 1. The first-order chi connectivity index (χ1) is 9.15. The highest BCUT2D eigenvalue weighted by Gasteiger charge is 2.14. The normalized spacial score (nSPS) is 11.9. The van der Waals surface area contributed by atoms with Crippen molar-refractivity contribution in [1.82, 2.24) is 4.98 Å². The molecule has 1 aromatic heterocycles. The Hall–Kier alpha value is -2.20. The van der Waals surface area contributed by atoms with Crippen LogP contribution in [0, 0.1) is 6.92 Å². The molecule has 1 atom stereocenters. The predicted octanol–water partition coefficient (Wildman–Crippen LogP) is 1.90. The van der Waals surface area contributed by atoms with Crippen molar-refractivity contribution in [2.24, 2.45) is 5.73 Å². The third-order valence-corrected chi connectivity index (χ3v) is 2.77. The fraction of sp³-hybridized carbons (Fsp3) is 0.200. The molecule has 0 spiro atoms. The van der Waals surface area contributed by atoms with Crippen LogP contribution >= 0.6 is 0 Å². The van der Waals surface area contributed by atoms with Crippen LogP contribution in [0.15, 0.2) is 48.5 Å². The van der Waals surface area contributed by atoms with Gasteiger partial charge in [-0.05, 0) is 31.0 Å². The van der Waals surface area contributed by atoms with Crippen LogP contribution in [0.4, 0.5) is 5.82 Å². The summed E-state index contributed by atoms with van der Waals surface area (Å²) in [5, 5.41) is 2.73. The van der Waals surface area contributed by atoms with Gasteiger partial charge in [-0.15, -0.1) is 0 Å². The summed E-state index contributed by atoms with van der Waals surface area (Å²) >= 11 is 0. The van der Waals surface area contributed by atoms with Crippen molar-refractivity contribution in [3.63, 3.8) is 0 Å². The van der Waals surface area contributed by atoms with Gasteiger partial charge in [0.15, 0.2) is 0 Å². The van der Waals surface area contributed by atoms with Gasteiger partial charge in [-0.3, -0.25) is 4.79 Å². The molecule has 2 aromatic rings. The first kappa shape index (κ1) is 13.2. The third-order valence-electron chi connectivity index (χ3n) is 2.77. The molecule has 2 rings (SSSR count). The molecule has 0 unspecified atom stereocenters. The Labute approximate surface area is 112 Å². The Balaban J connectivity index is 1.96. The zero-order valence-corrected chi connectivity index (χ0v) is 10.8. The van der Waals surface area contributed by atoms with Gasteiger partial charge in [-0.1, -0.05) is 36.4 Å². The lowest BCUT2D eigenvalue weighted by Crippen LogP contribution is -2.37. The number of carbonyl (C=O) groups is 1. The SMILES string of the molecule is Cc1cccc(NC(=O)[C@@H](N)Cc2ccccc2)n1. The van der Waals surface area contributed by atoms with Crippen molar-refractivity contribution in [2.45, 2.75) is 19.4 Å². The Morgan fingerprint density at radius 2 is 1.95 bits per heavy atom. The van der Waals surface area contributed by atoms with Crippen molar-refractivity contribution in [3.8, 4) is 0 Å². The molecule has 1 heterocycles. The number of aryl methyl sites for hydroxylation is 1. The molecule has 1 amide bonds.